The van der Waals surface area contributed by atoms with Crippen LogP contribution in [0.1, 0.15) is 65.7 Å². The zero-order valence-corrected chi connectivity index (χ0v) is 16.8. The molecule has 2 fully saturated rings. The predicted octanol–water partition coefficient (Wildman–Crippen LogP) is 1.93. The number of hydrogen-bond acceptors (Lipinski definition) is 5. The van der Waals surface area contributed by atoms with Gasteiger partial charge in [0.15, 0.2) is 5.82 Å². The monoisotopic (exact) mass is 374 g/mol. The van der Waals surface area contributed by atoms with Crippen LogP contribution in [0.25, 0.3) is 0 Å². The van der Waals surface area contributed by atoms with Crippen molar-refractivity contribution in [1.29, 1.82) is 0 Å². The third-order valence-electron chi connectivity index (χ3n) is 5.56. The van der Waals surface area contributed by atoms with Gasteiger partial charge >= 0.3 is 0 Å². The lowest BCUT2D eigenvalue weighted by Gasteiger charge is -2.54. The van der Waals surface area contributed by atoms with E-state index >= 15 is 0 Å². The van der Waals surface area contributed by atoms with Crippen LogP contribution < -0.4 is 0 Å². The number of aliphatic hydroxyl groups excluding tert-OH is 1. The molecule has 0 saturated carbocycles. The molecule has 0 radical (unpaired) electrons. The highest BCUT2D eigenvalue weighted by molar-refractivity contribution is 5.97. The Morgan fingerprint density at radius 3 is 2.52 bits per heavy atom. The van der Waals surface area contributed by atoms with Crippen molar-refractivity contribution in [2.75, 3.05) is 6.54 Å². The van der Waals surface area contributed by atoms with Gasteiger partial charge in [0.2, 0.25) is 5.91 Å². The molecule has 7 heteroatoms. The third kappa shape index (κ3) is 3.45. The lowest BCUT2D eigenvalue weighted by Crippen LogP contribution is -2.74. The van der Waals surface area contributed by atoms with Crippen LogP contribution in [0.2, 0.25) is 0 Å². The number of aromatic nitrogens is 2. The minimum absolute atomic E-state index is 0.0325. The molecule has 1 aromatic rings. The van der Waals surface area contributed by atoms with E-state index in [1.807, 2.05) is 32.6 Å². The SMILES string of the molecule is CC(O)C(c1ncccn1)N1CC2(CCC(C)N2C(=O)CC(C)(C)C)C1=O. The maximum absolute atomic E-state index is 13.3. The average Bonchev–Trinajstić information content (AvgIpc) is 2.93. The summed E-state index contributed by atoms with van der Waals surface area (Å²) < 4.78 is 0. The Bertz CT molecular complexity index is 716. The second-order valence-electron chi connectivity index (χ2n) is 9.15. The number of carbonyl (C=O) groups excluding carboxylic acids is 2. The number of carbonyl (C=O) groups is 2. The molecular weight excluding hydrogens is 344 g/mol. The number of β-lactam (4-membered cyclic amide) rings is 1. The van der Waals surface area contributed by atoms with Gasteiger partial charge in [-0.25, -0.2) is 9.97 Å². The first-order chi connectivity index (χ1) is 12.6. The molecule has 27 heavy (non-hydrogen) atoms. The van der Waals surface area contributed by atoms with E-state index in [-0.39, 0.29) is 23.3 Å². The molecule has 2 aliphatic heterocycles. The molecule has 3 rings (SSSR count). The molecule has 148 valence electrons. The molecule has 1 aromatic heterocycles. The Morgan fingerprint density at radius 1 is 1.37 bits per heavy atom. The van der Waals surface area contributed by atoms with Crippen molar-refractivity contribution < 1.29 is 14.7 Å². The smallest absolute Gasteiger partial charge is 0.251 e. The second kappa shape index (κ2) is 6.86. The summed E-state index contributed by atoms with van der Waals surface area (Å²) in [4.78, 5) is 38.2. The number of amides is 2. The molecule has 0 aromatic carbocycles. The summed E-state index contributed by atoms with van der Waals surface area (Å²) in [6.07, 6.45) is 4.31. The van der Waals surface area contributed by atoms with E-state index in [2.05, 4.69) is 9.97 Å². The van der Waals surface area contributed by atoms with Gasteiger partial charge in [-0.3, -0.25) is 9.59 Å². The normalized spacial score (nSPS) is 27.6. The van der Waals surface area contributed by atoms with E-state index in [4.69, 9.17) is 0 Å². The molecule has 1 N–H and O–H groups in total. The molecule has 2 amide bonds. The lowest BCUT2D eigenvalue weighted by molar-refractivity contribution is -0.177. The summed E-state index contributed by atoms with van der Waals surface area (Å²) in [5.74, 6) is 0.354. The molecular formula is C20H30N4O3. The first kappa shape index (κ1) is 19.7. The molecule has 3 heterocycles. The number of hydrogen-bond donors (Lipinski definition) is 1. The Balaban J connectivity index is 1.84. The largest absolute Gasteiger partial charge is 0.391 e. The molecule has 4 unspecified atom stereocenters. The fourth-order valence-electron chi connectivity index (χ4n) is 4.41. The van der Waals surface area contributed by atoms with Gasteiger partial charge in [0, 0.05) is 24.9 Å². The summed E-state index contributed by atoms with van der Waals surface area (Å²) >= 11 is 0. The van der Waals surface area contributed by atoms with Crippen molar-refractivity contribution >= 4 is 11.8 Å². The predicted molar refractivity (Wildman–Crippen MR) is 101 cm³/mol. The fraction of sp³-hybridized carbons (Fsp3) is 0.700. The third-order valence-corrected chi connectivity index (χ3v) is 5.56. The zero-order chi connectivity index (χ0) is 20.0. The Labute approximate surface area is 160 Å². The van der Waals surface area contributed by atoms with Gasteiger partial charge in [-0.1, -0.05) is 20.8 Å². The fourth-order valence-corrected chi connectivity index (χ4v) is 4.41. The minimum atomic E-state index is -0.800. The van der Waals surface area contributed by atoms with Gasteiger partial charge in [-0.2, -0.15) is 0 Å². The lowest BCUT2D eigenvalue weighted by atomic mass is 9.82. The maximum atomic E-state index is 13.3. The van der Waals surface area contributed by atoms with Gasteiger partial charge in [-0.05, 0) is 38.2 Å². The summed E-state index contributed by atoms with van der Waals surface area (Å²) in [5.41, 5.74) is -0.906. The molecule has 4 atom stereocenters. The van der Waals surface area contributed by atoms with Crippen molar-refractivity contribution in [3.63, 3.8) is 0 Å². The Kier molecular flexibility index (Phi) is 5.01. The number of aliphatic hydroxyl groups is 1. The second-order valence-corrected chi connectivity index (χ2v) is 9.15. The Morgan fingerprint density at radius 2 is 2.00 bits per heavy atom. The van der Waals surface area contributed by atoms with Crippen molar-refractivity contribution in [2.24, 2.45) is 5.41 Å². The van der Waals surface area contributed by atoms with Gasteiger partial charge in [0.25, 0.3) is 5.91 Å². The van der Waals surface area contributed by atoms with Crippen LogP contribution in [0, 0.1) is 5.41 Å². The van der Waals surface area contributed by atoms with E-state index in [1.165, 1.54) is 0 Å². The Hall–Kier alpha value is -2.02. The highest BCUT2D eigenvalue weighted by atomic mass is 16.3. The van der Waals surface area contributed by atoms with E-state index in [0.29, 0.717) is 25.2 Å². The summed E-state index contributed by atoms with van der Waals surface area (Å²) in [6.45, 7) is 10.2. The number of nitrogens with zero attached hydrogens (tertiary/aromatic N) is 4. The van der Waals surface area contributed by atoms with Crippen LogP contribution in [0.15, 0.2) is 18.5 Å². The van der Waals surface area contributed by atoms with Crippen LogP contribution in [-0.4, -0.2) is 60.9 Å². The van der Waals surface area contributed by atoms with Gasteiger partial charge in [0.1, 0.15) is 11.6 Å². The van der Waals surface area contributed by atoms with Gasteiger partial charge < -0.3 is 14.9 Å². The van der Waals surface area contributed by atoms with Crippen LogP contribution in [-0.2, 0) is 9.59 Å². The molecule has 1 spiro atoms. The minimum Gasteiger partial charge on any atom is -0.391 e. The summed E-state index contributed by atoms with van der Waals surface area (Å²) in [6, 6.07) is 1.15. The highest BCUT2D eigenvalue weighted by Gasteiger charge is 2.63. The van der Waals surface area contributed by atoms with Crippen molar-refractivity contribution in [1.82, 2.24) is 19.8 Å². The zero-order valence-electron chi connectivity index (χ0n) is 16.8. The van der Waals surface area contributed by atoms with Crippen molar-refractivity contribution in [2.45, 2.75) is 77.6 Å². The van der Waals surface area contributed by atoms with Crippen LogP contribution in [0.3, 0.4) is 0 Å². The molecule has 2 saturated heterocycles. The average molecular weight is 374 g/mol. The number of likely N-dealkylation sites (tertiary alicyclic amines) is 2. The molecule has 7 nitrogen and oxygen atoms in total. The first-order valence-corrected chi connectivity index (χ1v) is 9.65. The first-order valence-electron chi connectivity index (χ1n) is 9.65. The van der Waals surface area contributed by atoms with Crippen LogP contribution in [0.4, 0.5) is 0 Å². The van der Waals surface area contributed by atoms with Crippen LogP contribution in [0.5, 0.6) is 0 Å². The quantitative estimate of drug-likeness (QED) is 0.814. The van der Waals surface area contributed by atoms with E-state index in [0.717, 1.165) is 6.42 Å². The highest BCUT2D eigenvalue weighted by Crippen LogP contribution is 2.46. The van der Waals surface area contributed by atoms with E-state index in [9.17, 15) is 14.7 Å². The van der Waals surface area contributed by atoms with Gasteiger partial charge in [-0.15, -0.1) is 0 Å². The van der Waals surface area contributed by atoms with E-state index < -0.39 is 17.7 Å². The van der Waals surface area contributed by atoms with Crippen molar-refractivity contribution in [3.05, 3.63) is 24.3 Å². The standard InChI is InChI=1S/C20H30N4O3/c1-13-7-8-20(24(13)15(26)11-19(3,4)5)12-23(18(20)27)16(14(2)25)17-21-9-6-10-22-17/h6,9-10,13-14,16,25H,7-8,11-12H2,1-5H3. The van der Waals surface area contributed by atoms with E-state index in [1.54, 1.807) is 30.3 Å². The maximum Gasteiger partial charge on any atom is 0.251 e. The number of rotatable bonds is 4. The molecule has 0 bridgehead atoms. The molecule has 2 aliphatic rings. The molecule has 0 aliphatic carbocycles. The van der Waals surface area contributed by atoms with Crippen LogP contribution >= 0.6 is 0 Å². The summed E-state index contributed by atoms with van der Waals surface area (Å²) in [5, 5.41) is 10.3. The summed E-state index contributed by atoms with van der Waals surface area (Å²) in [7, 11) is 0. The van der Waals surface area contributed by atoms with Gasteiger partial charge in [0.05, 0.1) is 12.6 Å². The topological polar surface area (TPSA) is 86.6 Å². The van der Waals surface area contributed by atoms with Crippen molar-refractivity contribution in [3.8, 4) is 0 Å².